The number of Topliss-reactive ketones (excluding diaryl/α,β-unsaturated/α-hetero) is 1. The molecule has 4 rings (SSSR count). The summed E-state index contributed by atoms with van der Waals surface area (Å²) in [6.07, 6.45) is 1.16. The van der Waals surface area contributed by atoms with Gasteiger partial charge in [-0.25, -0.2) is 0 Å². The van der Waals surface area contributed by atoms with Gasteiger partial charge in [-0.3, -0.25) is 14.4 Å². The third-order valence-corrected chi connectivity index (χ3v) is 6.43. The normalized spacial score (nSPS) is 12.5. The minimum absolute atomic E-state index is 0.0103. The third kappa shape index (κ3) is 4.59. The molecule has 0 spiro atoms. The number of para-hydroxylation sites is 1. The van der Waals surface area contributed by atoms with E-state index in [-0.39, 0.29) is 30.4 Å². The molecular weight excluding hydrogens is 408 g/mol. The van der Waals surface area contributed by atoms with Gasteiger partial charge in [0, 0.05) is 51.6 Å². The molecule has 0 unspecified atom stereocenters. The SMILES string of the molecule is Cc1cc(C(=O)CCC(=O)Nc2ccc(C(=O)N3CCc4ccccc43)cc2)c(C)s1. The number of benzene rings is 2. The van der Waals surface area contributed by atoms with E-state index in [4.69, 9.17) is 0 Å². The van der Waals surface area contributed by atoms with Crippen molar-refractivity contribution in [1.29, 1.82) is 0 Å². The van der Waals surface area contributed by atoms with Crippen molar-refractivity contribution in [3.63, 3.8) is 0 Å². The molecule has 3 aromatic rings. The first kappa shape index (κ1) is 21.0. The van der Waals surface area contributed by atoms with Gasteiger partial charge < -0.3 is 10.2 Å². The van der Waals surface area contributed by atoms with E-state index in [0.29, 0.717) is 23.4 Å². The van der Waals surface area contributed by atoms with Gasteiger partial charge in [-0.2, -0.15) is 0 Å². The topological polar surface area (TPSA) is 66.5 Å². The molecule has 31 heavy (non-hydrogen) atoms. The zero-order chi connectivity index (χ0) is 22.0. The van der Waals surface area contributed by atoms with Gasteiger partial charge in [-0.1, -0.05) is 18.2 Å². The number of hydrogen-bond acceptors (Lipinski definition) is 4. The average molecular weight is 433 g/mol. The van der Waals surface area contributed by atoms with Crippen molar-refractivity contribution in [1.82, 2.24) is 0 Å². The second-order valence-corrected chi connectivity index (χ2v) is 9.17. The highest BCUT2D eigenvalue weighted by Crippen LogP contribution is 2.29. The van der Waals surface area contributed by atoms with Gasteiger partial charge in [0.05, 0.1) is 0 Å². The van der Waals surface area contributed by atoms with Crippen LogP contribution >= 0.6 is 11.3 Å². The van der Waals surface area contributed by atoms with E-state index in [9.17, 15) is 14.4 Å². The Balaban J connectivity index is 1.33. The lowest BCUT2D eigenvalue weighted by Crippen LogP contribution is -2.28. The largest absolute Gasteiger partial charge is 0.326 e. The summed E-state index contributed by atoms with van der Waals surface area (Å²) in [4.78, 5) is 41.4. The van der Waals surface area contributed by atoms with E-state index in [1.807, 2.05) is 44.2 Å². The van der Waals surface area contributed by atoms with Crippen molar-refractivity contribution in [3.05, 3.63) is 81.0 Å². The number of hydrogen-bond donors (Lipinski definition) is 1. The number of nitrogens with one attached hydrogen (secondary N) is 1. The Morgan fingerprint density at radius 3 is 2.45 bits per heavy atom. The average Bonchev–Trinajstić information content (AvgIpc) is 3.34. The number of ketones is 1. The van der Waals surface area contributed by atoms with Gasteiger partial charge in [0.25, 0.3) is 5.91 Å². The van der Waals surface area contributed by atoms with Crippen LogP contribution in [0.2, 0.25) is 0 Å². The fraction of sp³-hybridized carbons (Fsp3) is 0.240. The molecule has 0 saturated heterocycles. The molecule has 0 aliphatic carbocycles. The summed E-state index contributed by atoms with van der Waals surface area (Å²) in [7, 11) is 0. The molecule has 2 aromatic carbocycles. The van der Waals surface area contributed by atoms with Crippen molar-refractivity contribution >= 4 is 40.3 Å². The molecule has 158 valence electrons. The van der Waals surface area contributed by atoms with Crippen molar-refractivity contribution in [3.8, 4) is 0 Å². The molecular formula is C25H24N2O3S. The Hall–Kier alpha value is -3.25. The first-order valence-electron chi connectivity index (χ1n) is 10.3. The number of carbonyl (C=O) groups excluding carboxylic acids is 3. The molecule has 1 N–H and O–H groups in total. The van der Waals surface area contributed by atoms with Crippen LogP contribution in [0.25, 0.3) is 0 Å². The molecule has 2 heterocycles. The van der Waals surface area contributed by atoms with Crippen LogP contribution in [0.5, 0.6) is 0 Å². The van der Waals surface area contributed by atoms with Crippen LogP contribution in [-0.2, 0) is 11.2 Å². The summed E-state index contributed by atoms with van der Waals surface area (Å²) >= 11 is 1.59. The van der Waals surface area contributed by atoms with Crippen molar-refractivity contribution in [2.24, 2.45) is 0 Å². The predicted octanol–water partition coefficient (Wildman–Crippen LogP) is 5.17. The number of amides is 2. The van der Waals surface area contributed by atoms with E-state index >= 15 is 0 Å². The maximum Gasteiger partial charge on any atom is 0.258 e. The summed E-state index contributed by atoms with van der Waals surface area (Å²) in [6.45, 7) is 4.57. The lowest BCUT2D eigenvalue weighted by molar-refractivity contribution is -0.116. The summed E-state index contributed by atoms with van der Waals surface area (Å²) in [5, 5.41) is 2.81. The molecule has 1 aliphatic rings. The molecule has 0 saturated carbocycles. The molecule has 5 nitrogen and oxygen atoms in total. The van der Waals surface area contributed by atoms with E-state index < -0.39 is 0 Å². The molecule has 1 aliphatic heterocycles. The molecule has 2 amide bonds. The molecule has 0 atom stereocenters. The standard InChI is InChI=1S/C25H24N2O3S/c1-16-15-21(17(2)31-16)23(28)11-12-24(29)26-20-9-7-19(8-10-20)25(30)27-14-13-18-5-3-4-6-22(18)27/h3-10,15H,11-14H2,1-2H3,(H,26,29). The Labute approximate surface area is 185 Å². The monoisotopic (exact) mass is 432 g/mol. The number of nitrogens with zero attached hydrogens (tertiary/aromatic N) is 1. The minimum atomic E-state index is -0.217. The van der Waals surface area contributed by atoms with Crippen molar-refractivity contribution in [2.45, 2.75) is 33.1 Å². The van der Waals surface area contributed by atoms with E-state index in [1.54, 1.807) is 40.5 Å². The minimum Gasteiger partial charge on any atom is -0.326 e. The number of fused-ring (bicyclic) bond motifs is 1. The number of anilines is 2. The van der Waals surface area contributed by atoms with Crippen molar-refractivity contribution in [2.75, 3.05) is 16.8 Å². The number of carbonyl (C=O) groups is 3. The lowest BCUT2D eigenvalue weighted by atomic mass is 10.1. The summed E-state index contributed by atoms with van der Waals surface area (Å²) < 4.78 is 0. The molecule has 0 radical (unpaired) electrons. The summed E-state index contributed by atoms with van der Waals surface area (Å²) in [5.41, 5.74) is 4.04. The Morgan fingerprint density at radius 2 is 1.74 bits per heavy atom. The zero-order valence-electron chi connectivity index (χ0n) is 17.6. The summed E-state index contributed by atoms with van der Waals surface area (Å²) in [5.74, 6) is -0.274. The Kier molecular flexibility index (Phi) is 6.00. The molecule has 0 fully saturated rings. The maximum absolute atomic E-state index is 12.9. The Bertz CT molecular complexity index is 1150. The fourth-order valence-electron chi connectivity index (χ4n) is 3.89. The van der Waals surface area contributed by atoms with Gasteiger partial charge in [0.15, 0.2) is 5.78 Å². The van der Waals surface area contributed by atoms with Gasteiger partial charge in [-0.05, 0) is 62.2 Å². The lowest BCUT2D eigenvalue weighted by Gasteiger charge is -2.17. The van der Waals surface area contributed by atoms with Gasteiger partial charge in [-0.15, -0.1) is 11.3 Å². The smallest absolute Gasteiger partial charge is 0.258 e. The van der Waals surface area contributed by atoms with Gasteiger partial charge in [0.2, 0.25) is 5.91 Å². The quantitative estimate of drug-likeness (QED) is 0.547. The van der Waals surface area contributed by atoms with E-state index in [0.717, 1.165) is 21.9 Å². The van der Waals surface area contributed by atoms with Crippen molar-refractivity contribution < 1.29 is 14.4 Å². The predicted molar refractivity (Wildman–Crippen MR) is 124 cm³/mol. The van der Waals surface area contributed by atoms with Crippen LogP contribution in [0, 0.1) is 13.8 Å². The maximum atomic E-state index is 12.9. The third-order valence-electron chi connectivity index (χ3n) is 5.47. The van der Waals surface area contributed by atoms with Crippen LogP contribution < -0.4 is 10.2 Å². The molecule has 1 aromatic heterocycles. The second kappa shape index (κ2) is 8.86. The highest BCUT2D eigenvalue weighted by Gasteiger charge is 2.25. The van der Waals surface area contributed by atoms with Crippen LogP contribution in [-0.4, -0.2) is 24.1 Å². The first-order chi connectivity index (χ1) is 14.9. The summed E-state index contributed by atoms with van der Waals surface area (Å²) in [6, 6.07) is 16.7. The van der Waals surface area contributed by atoms with Gasteiger partial charge in [0.1, 0.15) is 0 Å². The van der Waals surface area contributed by atoms with Crippen LogP contribution in [0.4, 0.5) is 11.4 Å². The zero-order valence-corrected chi connectivity index (χ0v) is 18.4. The fourth-order valence-corrected chi connectivity index (χ4v) is 4.84. The van der Waals surface area contributed by atoms with E-state index in [1.165, 1.54) is 5.56 Å². The van der Waals surface area contributed by atoms with Crippen LogP contribution in [0.15, 0.2) is 54.6 Å². The van der Waals surface area contributed by atoms with E-state index in [2.05, 4.69) is 5.32 Å². The number of rotatable bonds is 6. The molecule has 0 bridgehead atoms. The second-order valence-electron chi connectivity index (χ2n) is 7.71. The number of aryl methyl sites for hydroxylation is 2. The first-order valence-corrected chi connectivity index (χ1v) is 11.1. The van der Waals surface area contributed by atoms with Gasteiger partial charge >= 0.3 is 0 Å². The van der Waals surface area contributed by atoms with Crippen LogP contribution in [0.3, 0.4) is 0 Å². The Morgan fingerprint density at radius 1 is 1.00 bits per heavy atom. The number of thiophene rings is 1. The highest BCUT2D eigenvalue weighted by atomic mass is 32.1. The molecule has 6 heteroatoms. The highest BCUT2D eigenvalue weighted by molar-refractivity contribution is 7.12. The van der Waals surface area contributed by atoms with Crippen LogP contribution in [0.1, 0.15) is 48.9 Å².